The second-order valence-electron chi connectivity index (χ2n) is 8.25. The first kappa shape index (κ1) is 27.7. The number of nitrogens with two attached hydrogens (primary N) is 1. The number of nitrogens with zero attached hydrogens (tertiary/aromatic N) is 3. The van der Waals surface area contributed by atoms with Crippen molar-refractivity contribution in [2.75, 3.05) is 23.8 Å². The van der Waals surface area contributed by atoms with Crippen molar-refractivity contribution in [3.63, 3.8) is 0 Å². The number of hydrogen-bond donors (Lipinski definition) is 2. The van der Waals surface area contributed by atoms with Crippen LogP contribution in [0.3, 0.4) is 0 Å². The predicted octanol–water partition coefficient (Wildman–Crippen LogP) is 2.99. The molecule has 0 bridgehead atoms. The molecule has 0 saturated carbocycles. The van der Waals surface area contributed by atoms with Crippen LogP contribution in [0.15, 0.2) is 15.7 Å². The molecule has 0 saturated heterocycles. The van der Waals surface area contributed by atoms with Gasteiger partial charge in [-0.15, -0.1) is 0 Å². The molecule has 192 valence electrons. The fraction of sp³-hybridized carbons (Fsp3) is 0.520. The Balaban J connectivity index is 2.57. The molecule has 2 heterocycles. The van der Waals surface area contributed by atoms with Gasteiger partial charge in [0.25, 0.3) is 11.5 Å². The summed E-state index contributed by atoms with van der Waals surface area (Å²) in [6.45, 7) is 12.7. The van der Waals surface area contributed by atoms with Gasteiger partial charge in [0.05, 0.1) is 12.2 Å². The fourth-order valence-corrected chi connectivity index (χ4v) is 4.22. The van der Waals surface area contributed by atoms with E-state index in [1.54, 1.807) is 13.0 Å². The number of H-pyrrole nitrogens is 1. The Bertz CT molecular complexity index is 1220. The molecule has 2 rings (SSSR count). The van der Waals surface area contributed by atoms with Crippen LogP contribution in [0.2, 0.25) is 0 Å². The maximum Gasteiger partial charge on any atom is 0.340 e. The molecule has 35 heavy (non-hydrogen) atoms. The van der Waals surface area contributed by atoms with Crippen molar-refractivity contribution < 1.29 is 14.3 Å². The molecule has 10 nitrogen and oxygen atoms in total. The molecule has 0 radical (unpaired) electrons. The minimum atomic E-state index is -0.716. The van der Waals surface area contributed by atoms with E-state index in [9.17, 15) is 19.2 Å². The van der Waals surface area contributed by atoms with Crippen molar-refractivity contribution in [1.82, 2.24) is 14.1 Å². The van der Waals surface area contributed by atoms with Gasteiger partial charge >= 0.3 is 11.7 Å². The topological polar surface area (TPSA) is 132 Å². The zero-order valence-electron chi connectivity index (χ0n) is 21.6. The number of nitrogen functional groups attached to an aromatic ring is 1. The average molecular weight is 488 g/mol. The van der Waals surface area contributed by atoms with Crippen LogP contribution in [0.25, 0.3) is 6.08 Å². The highest BCUT2D eigenvalue weighted by molar-refractivity contribution is 6.06. The molecule has 3 N–H and O–H groups in total. The van der Waals surface area contributed by atoms with Crippen LogP contribution in [-0.4, -0.2) is 39.1 Å². The first-order valence-corrected chi connectivity index (χ1v) is 12.1. The molecular formula is C25H37N5O5. The van der Waals surface area contributed by atoms with Crippen molar-refractivity contribution in [3.8, 4) is 0 Å². The molecule has 0 unspecified atom stereocenters. The van der Waals surface area contributed by atoms with Crippen molar-refractivity contribution in [2.24, 2.45) is 0 Å². The standard InChI is InChI=1S/C25H37N5O5/c1-7-11-15-30-22(26)21(23(32)27-25(30)34)29(14-8-2)19(31)13-12-18-16(5)28(9-3)17(6)20(18)24(33)35-10-4/h12-13H,7-11,14-15,26H2,1-6H3,(H,27,32,34)/b13-12+. The molecule has 0 aliphatic heterocycles. The number of esters is 1. The summed E-state index contributed by atoms with van der Waals surface area (Å²) in [6.07, 6.45) is 4.98. The zero-order chi connectivity index (χ0) is 26.3. The van der Waals surface area contributed by atoms with Crippen LogP contribution in [0.1, 0.15) is 74.3 Å². The molecule has 2 aromatic heterocycles. The lowest BCUT2D eigenvalue weighted by atomic mass is 10.1. The highest BCUT2D eigenvalue weighted by atomic mass is 16.5. The average Bonchev–Trinajstić information content (AvgIpc) is 3.05. The van der Waals surface area contributed by atoms with E-state index in [1.807, 2.05) is 39.2 Å². The minimum Gasteiger partial charge on any atom is -0.462 e. The van der Waals surface area contributed by atoms with Gasteiger partial charge in [-0.3, -0.25) is 19.1 Å². The third kappa shape index (κ3) is 5.75. The second-order valence-corrected chi connectivity index (χ2v) is 8.25. The SMILES string of the molecule is CCCCn1c(N)c(N(CCC)C(=O)/C=C/c2c(C(=O)OCC)c(C)n(CC)c2C)c(=O)[nH]c1=O. The second kappa shape index (κ2) is 12.2. The van der Waals surface area contributed by atoms with Gasteiger partial charge in [0.15, 0.2) is 5.69 Å². The Morgan fingerprint density at radius 1 is 1.06 bits per heavy atom. The van der Waals surface area contributed by atoms with Crippen molar-refractivity contribution in [2.45, 2.75) is 73.9 Å². The van der Waals surface area contributed by atoms with Crippen LogP contribution in [0.5, 0.6) is 0 Å². The smallest absolute Gasteiger partial charge is 0.340 e. The van der Waals surface area contributed by atoms with Crippen LogP contribution in [-0.2, 0) is 22.6 Å². The number of carbonyl (C=O) groups excluding carboxylic acids is 2. The normalized spacial score (nSPS) is 11.3. The lowest BCUT2D eigenvalue weighted by molar-refractivity contribution is -0.114. The Kier molecular flexibility index (Phi) is 9.68. The lowest BCUT2D eigenvalue weighted by Gasteiger charge is -2.23. The summed E-state index contributed by atoms with van der Waals surface area (Å²) in [5.41, 5.74) is 7.42. The Labute approximate surface area is 205 Å². The van der Waals surface area contributed by atoms with Crippen molar-refractivity contribution in [1.29, 1.82) is 0 Å². The van der Waals surface area contributed by atoms with E-state index in [2.05, 4.69) is 4.98 Å². The predicted molar refractivity (Wildman–Crippen MR) is 138 cm³/mol. The summed E-state index contributed by atoms with van der Waals surface area (Å²) >= 11 is 0. The van der Waals surface area contributed by atoms with Gasteiger partial charge in [-0.2, -0.15) is 0 Å². The number of ether oxygens (including phenoxy) is 1. The number of hydrogen-bond acceptors (Lipinski definition) is 6. The Morgan fingerprint density at radius 2 is 1.74 bits per heavy atom. The zero-order valence-corrected chi connectivity index (χ0v) is 21.6. The quantitative estimate of drug-likeness (QED) is 0.370. The third-order valence-corrected chi connectivity index (χ3v) is 5.95. The molecule has 2 aromatic rings. The maximum absolute atomic E-state index is 13.3. The van der Waals surface area contributed by atoms with Gasteiger partial charge in [0.2, 0.25) is 0 Å². The first-order chi connectivity index (χ1) is 16.6. The highest BCUT2D eigenvalue weighted by Gasteiger charge is 2.25. The fourth-order valence-electron chi connectivity index (χ4n) is 4.22. The van der Waals surface area contributed by atoms with Crippen molar-refractivity contribution >= 4 is 29.5 Å². The lowest BCUT2D eigenvalue weighted by Crippen LogP contribution is -2.41. The van der Waals surface area contributed by atoms with E-state index in [0.29, 0.717) is 37.1 Å². The van der Waals surface area contributed by atoms with Crippen LogP contribution in [0.4, 0.5) is 11.5 Å². The maximum atomic E-state index is 13.3. The van der Waals surface area contributed by atoms with E-state index in [-0.39, 0.29) is 24.7 Å². The molecule has 0 fully saturated rings. The number of rotatable bonds is 11. The Morgan fingerprint density at radius 3 is 2.31 bits per heavy atom. The molecule has 0 aromatic carbocycles. The van der Waals surface area contributed by atoms with E-state index < -0.39 is 23.1 Å². The molecule has 1 amide bonds. The van der Waals surface area contributed by atoms with Gasteiger partial charge in [0, 0.05) is 42.7 Å². The van der Waals surface area contributed by atoms with Crippen LogP contribution < -0.4 is 21.9 Å². The largest absolute Gasteiger partial charge is 0.462 e. The number of carbonyl (C=O) groups is 2. The summed E-state index contributed by atoms with van der Waals surface area (Å²) < 4.78 is 8.50. The molecule has 0 aliphatic carbocycles. The van der Waals surface area contributed by atoms with Crippen LogP contribution in [0, 0.1) is 13.8 Å². The number of unbranched alkanes of at least 4 members (excludes halogenated alkanes) is 1. The number of amides is 1. The summed E-state index contributed by atoms with van der Waals surface area (Å²) in [6, 6.07) is 0. The highest BCUT2D eigenvalue weighted by Crippen LogP contribution is 2.25. The van der Waals surface area contributed by atoms with E-state index in [1.165, 1.54) is 15.5 Å². The van der Waals surface area contributed by atoms with Crippen LogP contribution >= 0.6 is 0 Å². The number of aromatic amines is 1. The number of anilines is 2. The summed E-state index contributed by atoms with van der Waals surface area (Å²) in [4.78, 5) is 54.5. The summed E-state index contributed by atoms with van der Waals surface area (Å²) in [5, 5.41) is 0. The number of aromatic nitrogens is 3. The molecule has 10 heteroatoms. The summed E-state index contributed by atoms with van der Waals surface area (Å²) in [7, 11) is 0. The van der Waals surface area contributed by atoms with Crippen molar-refractivity contribution in [3.05, 3.63) is 49.4 Å². The minimum absolute atomic E-state index is 0.0428. The van der Waals surface area contributed by atoms with Gasteiger partial charge in [0.1, 0.15) is 5.82 Å². The monoisotopic (exact) mass is 487 g/mol. The van der Waals surface area contributed by atoms with E-state index in [4.69, 9.17) is 10.5 Å². The van der Waals surface area contributed by atoms with Gasteiger partial charge in [-0.25, -0.2) is 9.59 Å². The first-order valence-electron chi connectivity index (χ1n) is 12.1. The van der Waals surface area contributed by atoms with Gasteiger partial charge in [-0.05, 0) is 46.6 Å². The van der Waals surface area contributed by atoms with Gasteiger partial charge in [-0.1, -0.05) is 20.3 Å². The molecular weight excluding hydrogens is 450 g/mol. The molecule has 0 aliphatic rings. The molecule has 0 spiro atoms. The number of nitrogens with one attached hydrogen (secondary N) is 1. The Hall–Kier alpha value is -3.56. The van der Waals surface area contributed by atoms with E-state index in [0.717, 1.165) is 17.8 Å². The molecule has 0 atom stereocenters. The third-order valence-electron chi connectivity index (χ3n) is 5.95. The van der Waals surface area contributed by atoms with E-state index >= 15 is 0 Å². The van der Waals surface area contributed by atoms with Gasteiger partial charge < -0.3 is 19.9 Å². The summed E-state index contributed by atoms with van der Waals surface area (Å²) in [5.74, 6) is -0.985.